The number of aromatic carboxylic acids is 1. The third-order valence-electron chi connectivity index (χ3n) is 7.38. The Morgan fingerprint density at radius 1 is 1.05 bits per heavy atom. The molecular formula is C30H37N3O5S. The molecule has 0 amide bonds. The number of carboxylic acid groups (broad SMARTS) is 1. The summed E-state index contributed by atoms with van der Waals surface area (Å²) in [5.41, 5.74) is 9.53. The normalized spacial score (nSPS) is 14.9. The third-order valence-corrected chi connectivity index (χ3v) is 9.20. The van der Waals surface area contributed by atoms with E-state index in [2.05, 4.69) is 43.4 Å². The van der Waals surface area contributed by atoms with Crippen LogP contribution in [-0.4, -0.2) is 60.7 Å². The van der Waals surface area contributed by atoms with Crippen LogP contribution in [-0.2, 0) is 22.9 Å². The Morgan fingerprint density at radius 3 is 2.33 bits per heavy atom. The number of anilines is 1. The van der Waals surface area contributed by atoms with Crippen molar-refractivity contribution in [2.75, 3.05) is 25.9 Å². The number of nitrogens with zero attached hydrogens (tertiary/aromatic N) is 1. The van der Waals surface area contributed by atoms with E-state index in [-0.39, 0.29) is 34.8 Å². The zero-order chi connectivity index (χ0) is 28.4. The number of hydrogen-bond donors (Lipinski definition) is 4. The number of aliphatic hydroxyl groups excluding tert-OH is 1. The van der Waals surface area contributed by atoms with Gasteiger partial charge in [-0.05, 0) is 85.5 Å². The summed E-state index contributed by atoms with van der Waals surface area (Å²) in [5.74, 6) is -0.623. The Kier molecular flexibility index (Phi) is 8.46. The molecule has 0 bridgehead atoms. The lowest BCUT2D eigenvalue weighted by Crippen LogP contribution is -2.47. The second-order valence-corrected chi connectivity index (χ2v) is 13.1. The highest BCUT2D eigenvalue weighted by Gasteiger charge is 2.29. The number of nitrogen functional groups attached to an aromatic ring is 1. The van der Waals surface area contributed by atoms with Gasteiger partial charge in [-0.2, -0.15) is 4.31 Å². The zero-order valence-electron chi connectivity index (χ0n) is 22.6. The first kappa shape index (κ1) is 28.8. The van der Waals surface area contributed by atoms with E-state index in [1.807, 2.05) is 0 Å². The van der Waals surface area contributed by atoms with Gasteiger partial charge in [-0.25, -0.2) is 13.2 Å². The van der Waals surface area contributed by atoms with E-state index in [1.54, 1.807) is 18.2 Å². The fraction of sp³-hybridized carbons (Fsp3) is 0.367. The predicted molar refractivity (Wildman–Crippen MR) is 153 cm³/mol. The Morgan fingerprint density at radius 2 is 1.69 bits per heavy atom. The van der Waals surface area contributed by atoms with Gasteiger partial charge in [-0.1, -0.05) is 42.5 Å². The number of nitrogens with one attached hydrogen (secondary N) is 1. The molecule has 1 aliphatic carbocycles. The van der Waals surface area contributed by atoms with E-state index in [0.717, 1.165) is 23.6 Å². The van der Waals surface area contributed by atoms with Gasteiger partial charge in [0.15, 0.2) is 0 Å². The molecule has 0 saturated heterocycles. The molecule has 0 heterocycles. The van der Waals surface area contributed by atoms with Crippen molar-refractivity contribution < 1.29 is 23.4 Å². The molecule has 208 valence electrons. The minimum Gasteiger partial charge on any atom is -0.478 e. The predicted octanol–water partition coefficient (Wildman–Crippen LogP) is 3.79. The Bertz CT molecular complexity index is 1430. The van der Waals surface area contributed by atoms with Gasteiger partial charge in [0.05, 0.1) is 16.6 Å². The summed E-state index contributed by atoms with van der Waals surface area (Å²) in [6.07, 6.45) is 2.16. The number of carboxylic acids is 1. The number of β-amino-alcohol motifs (C(OH)–C–C–N with tert-alkyl or cyclic N) is 1. The molecule has 9 heteroatoms. The maximum Gasteiger partial charge on any atom is 0.337 e. The monoisotopic (exact) mass is 551 g/mol. The fourth-order valence-electron chi connectivity index (χ4n) is 5.38. The standard InChI is InChI=1S/C30H37N3O5S/c1-30(2,17-20-13-21-7-4-5-8-22(21)14-20)32-18-25(34)19-33(3)39(37,38)26-10-6-9-23(15-26)24-11-12-28(31)27(16-24)29(35)36/h4-12,15-16,20,25,32,34H,13-14,17-19,31H2,1-3H3,(H,35,36). The molecule has 0 spiro atoms. The summed E-state index contributed by atoms with van der Waals surface area (Å²) in [6, 6.07) is 19.4. The van der Waals surface area contributed by atoms with E-state index in [0.29, 0.717) is 17.0 Å². The lowest BCUT2D eigenvalue weighted by atomic mass is 9.88. The maximum absolute atomic E-state index is 13.3. The highest BCUT2D eigenvalue weighted by atomic mass is 32.2. The summed E-state index contributed by atoms with van der Waals surface area (Å²) in [4.78, 5) is 11.5. The largest absolute Gasteiger partial charge is 0.478 e. The van der Waals surface area contributed by atoms with Gasteiger partial charge in [-0.3, -0.25) is 0 Å². The van der Waals surface area contributed by atoms with Crippen molar-refractivity contribution in [2.45, 2.75) is 49.6 Å². The zero-order valence-corrected chi connectivity index (χ0v) is 23.4. The van der Waals surface area contributed by atoms with Crippen LogP contribution in [0.1, 0.15) is 41.8 Å². The molecule has 1 unspecified atom stereocenters. The lowest BCUT2D eigenvalue weighted by molar-refractivity contribution is 0.0698. The molecule has 39 heavy (non-hydrogen) atoms. The molecule has 3 aromatic carbocycles. The fourth-order valence-corrected chi connectivity index (χ4v) is 6.63. The van der Waals surface area contributed by atoms with Crippen LogP contribution >= 0.6 is 0 Å². The van der Waals surface area contributed by atoms with Gasteiger partial charge in [0.25, 0.3) is 0 Å². The number of likely N-dealkylation sites (N-methyl/N-ethyl adjacent to an activating group) is 1. The number of hydrogen-bond acceptors (Lipinski definition) is 6. The van der Waals surface area contributed by atoms with Crippen LogP contribution in [0.3, 0.4) is 0 Å². The minimum atomic E-state index is -3.90. The summed E-state index contributed by atoms with van der Waals surface area (Å²) in [5, 5.41) is 23.5. The van der Waals surface area contributed by atoms with E-state index in [9.17, 15) is 23.4 Å². The average Bonchev–Trinajstić information content (AvgIpc) is 3.29. The third kappa shape index (κ3) is 6.86. The highest BCUT2D eigenvalue weighted by molar-refractivity contribution is 7.89. The van der Waals surface area contributed by atoms with Crippen LogP contribution < -0.4 is 11.1 Å². The Hall–Kier alpha value is -3.24. The number of sulfonamides is 1. The molecule has 5 N–H and O–H groups in total. The summed E-state index contributed by atoms with van der Waals surface area (Å²) in [7, 11) is -2.46. The molecule has 0 aliphatic heterocycles. The first-order chi connectivity index (χ1) is 18.4. The number of nitrogens with two attached hydrogens (primary N) is 1. The molecule has 3 aromatic rings. The van der Waals surface area contributed by atoms with Gasteiger partial charge < -0.3 is 21.3 Å². The highest BCUT2D eigenvalue weighted by Crippen LogP contribution is 2.32. The lowest BCUT2D eigenvalue weighted by Gasteiger charge is -2.31. The van der Waals surface area contributed by atoms with E-state index < -0.39 is 22.1 Å². The molecule has 1 aliphatic rings. The quantitative estimate of drug-likeness (QED) is 0.267. The van der Waals surface area contributed by atoms with Gasteiger partial charge in [0, 0.05) is 31.4 Å². The molecule has 1 atom stereocenters. The summed E-state index contributed by atoms with van der Waals surface area (Å²) >= 11 is 0. The first-order valence-corrected chi connectivity index (χ1v) is 14.5. The number of benzene rings is 3. The number of aliphatic hydroxyl groups is 1. The molecule has 0 saturated carbocycles. The van der Waals surface area contributed by atoms with E-state index in [1.165, 1.54) is 42.4 Å². The van der Waals surface area contributed by atoms with Crippen molar-refractivity contribution in [3.05, 3.63) is 83.4 Å². The summed E-state index contributed by atoms with van der Waals surface area (Å²) in [6.45, 7) is 4.41. The molecule has 4 rings (SSSR count). The summed E-state index contributed by atoms with van der Waals surface area (Å²) < 4.78 is 27.7. The number of fused-ring (bicyclic) bond motifs is 1. The Balaban J connectivity index is 1.36. The van der Waals surface area contributed by atoms with Crippen LogP contribution in [0.5, 0.6) is 0 Å². The second-order valence-electron chi connectivity index (χ2n) is 11.1. The number of carbonyl (C=O) groups is 1. The minimum absolute atomic E-state index is 0.0473. The SMILES string of the molecule is CN(CC(O)CNC(C)(C)CC1Cc2ccccc2C1)S(=O)(=O)c1cccc(-c2ccc(N)c(C(=O)O)c2)c1. The van der Waals surface area contributed by atoms with Crippen LogP contribution in [0.4, 0.5) is 5.69 Å². The smallest absolute Gasteiger partial charge is 0.337 e. The van der Waals surface area contributed by atoms with Gasteiger partial charge in [-0.15, -0.1) is 0 Å². The van der Waals surface area contributed by atoms with Crippen molar-refractivity contribution in [3.63, 3.8) is 0 Å². The molecule has 8 nitrogen and oxygen atoms in total. The van der Waals surface area contributed by atoms with Crippen molar-refractivity contribution in [1.82, 2.24) is 9.62 Å². The van der Waals surface area contributed by atoms with Crippen LogP contribution in [0.15, 0.2) is 71.6 Å². The van der Waals surface area contributed by atoms with Crippen LogP contribution in [0.2, 0.25) is 0 Å². The number of rotatable bonds is 11. The van der Waals surface area contributed by atoms with Crippen molar-refractivity contribution in [2.24, 2.45) is 5.92 Å². The van der Waals surface area contributed by atoms with Gasteiger partial charge in [0.2, 0.25) is 10.0 Å². The van der Waals surface area contributed by atoms with Gasteiger partial charge >= 0.3 is 5.97 Å². The van der Waals surface area contributed by atoms with Crippen LogP contribution in [0, 0.1) is 5.92 Å². The van der Waals surface area contributed by atoms with Gasteiger partial charge in [0.1, 0.15) is 0 Å². The molecule has 0 fully saturated rings. The topological polar surface area (TPSA) is 133 Å². The van der Waals surface area contributed by atoms with Crippen LogP contribution in [0.25, 0.3) is 11.1 Å². The molecule has 0 aromatic heterocycles. The molecule has 0 radical (unpaired) electrons. The maximum atomic E-state index is 13.3. The van der Waals surface area contributed by atoms with Crippen molar-refractivity contribution in [3.8, 4) is 11.1 Å². The first-order valence-electron chi connectivity index (χ1n) is 13.1. The average molecular weight is 552 g/mol. The molecular weight excluding hydrogens is 514 g/mol. The van der Waals surface area contributed by atoms with E-state index in [4.69, 9.17) is 5.73 Å². The van der Waals surface area contributed by atoms with Crippen molar-refractivity contribution in [1.29, 1.82) is 0 Å². The Labute approximate surface area is 230 Å². The second kappa shape index (κ2) is 11.5. The van der Waals surface area contributed by atoms with E-state index >= 15 is 0 Å². The van der Waals surface area contributed by atoms with Crippen molar-refractivity contribution >= 4 is 21.7 Å².